The average Bonchev–Trinajstić information content (AvgIpc) is 2.54. The van der Waals surface area contributed by atoms with Gasteiger partial charge in [0.15, 0.2) is 6.61 Å². The largest absolute Gasteiger partial charge is 0.483 e. The van der Waals surface area contributed by atoms with Crippen molar-refractivity contribution in [3.05, 3.63) is 54.6 Å². The summed E-state index contributed by atoms with van der Waals surface area (Å²) in [5, 5.41) is 2.94. The third-order valence-electron chi connectivity index (χ3n) is 3.72. The number of hydrogen-bond acceptors (Lipinski definition) is 2. The smallest absolute Gasteiger partial charge is 0.258 e. The van der Waals surface area contributed by atoms with Crippen molar-refractivity contribution in [3.63, 3.8) is 0 Å². The maximum Gasteiger partial charge on any atom is 0.258 e. The number of nitrogens with one attached hydrogen (secondary N) is 1. The molecule has 2 aromatic rings. The van der Waals surface area contributed by atoms with Gasteiger partial charge in [-0.15, -0.1) is 0 Å². The molecule has 0 radical (unpaired) electrons. The molecule has 2 aromatic carbocycles. The Hall–Kier alpha value is -2.29. The van der Waals surface area contributed by atoms with Gasteiger partial charge in [-0.25, -0.2) is 0 Å². The van der Waals surface area contributed by atoms with Crippen LogP contribution in [0.1, 0.15) is 20.8 Å². The number of para-hydroxylation sites is 1. The maximum atomic E-state index is 11.9. The molecule has 0 fully saturated rings. The van der Waals surface area contributed by atoms with E-state index in [-0.39, 0.29) is 18.6 Å². The zero-order valence-electron chi connectivity index (χ0n) is 13.4. The van der Waals surface area contributed by atoms with Crippen molar-refractivity contribution < 1.29 is 9.53 Å². The number of benzene rings is 2. The molecule has 0 aliphatic carbocycles. The van der Waals surface area contributed by atoms with E-state index in [1.165, 1.54) is 0 Å². The molecule has 2 rings (SSSR count). The third kappa shape index (κ3) is 4.35. The molecule has 0 aliphatic heterocycles. The summed E-state index contributed by atoms with van der Waals surface area (Å²) in [6, 6.07) is 17.9. The number of rotatable bonds is 6. The van der Waals surface area contributed by atoms with Crippen molar-refractivity contribution >= 4 is 5.91 Å². The average molecular weight is 297 g/mol. The Labute approximate surface area is 132 Å². The molecular weight excluding hydrogens is 274 g/mol. The molecule has 0 aromatic heterocycles. The molecule has 22 heavy (non-hydrogen) atoms. The molecule has 0 saturated carbocycles. The first-order valence-corrected chi connectivity index (χ1v) is 7.64. The summed E-state index contributed by atoms with van der Waals surface area (Å²) in [7, 11) is 0. The Kier molecular flexibility index (Phi) is 5.59. The van der Waals surface area contributed by atoms with Crippen LogP contribution in [0.3, 0.4) is 0 Å². The fraction of sp³-hybridized carbons (Fsp3) is 0.316. The Morgan fingerprint density at radius 3 is 2.32 bits per heavy atom. The first-order valence-electron chi connectivity index (χ1n) is 7.64. The highest BCUT2D eigenvalue weighted by Crippen LogP contribution is 2.29. The van der Waals surface area contributed by atoms with E-state index in [9.17, 15) is 4.79 Å². The summed E-state index contributed by atoms with van der Waals surface area (Å²) in [6.07, 6.45) is 0. The van der Waals surface area contributed by atoms with Gasteiger partial charge in [-0.1, -0.05) is 62.4 Å². The van der Waals surface area contributed by atoms with E-state index < -0.39 is 0 Å². The first-order chi connectivity index (χ1) is 10.6. The van der Waals surface area contributed by atoms with Gasteiger partial charge in [0.1, 0.15) is 5.75 Å². The van der Waals surface area contributed by atoms with Gasteiger partial charge in [0.2, 0.25) is 0 Å². The summed E-state index contributed by atoms with van der Waals surface area (Å²) in [6.45, 7) is 6.19. The molecule has 0 heterocycles. The Morgan fingerprint density at radius 1 is 1.00 bits per heavy atom. The highest BCUT2D eigenvalue weighted by Gasteiger charge is 2.12. The molecule has 0 unspecified atom stereocenters. The van der Waals surface area contributed by atoms with Gasteiger partial charge in [0.25, 0.3) is 5.91 Å². The lowest BCUT2D eigenvalue weighted by molar-refractivity contribution is -0.123. The van der Waals surface area contributed by atoms with Gasteiger partial charge < -0.3 is 10.1 Å². The monoisotopic (exact) mass is 297 g/mol. The molecular formula is C19H23NO2. The third-order valence-corrected chi connectivity index (χ3v) is 3.72. The highest BCUT2D eigenvalue weighted by molar-refractivity contribution is 5.78. The van der Waals surface area contributed by atoms with Gasteiger partial charge in [0, 0.05) is 11.6 Å². The van der Waals surface area contributed by atoms with Crippen LogP contribution in [-0.2, 0) is 4.79 Å². The normalized spacial score (nSPS) is 12.0. The first kappa shape index (κ1) is 16.1. The lowest BCUT2D eigenvalue weighted by Crippen LogP contribution is -2.38. The Balaban J connectivity index is 2.04. The number of hydrogen-bond donors (Lipinski definition) is 1. The second kappa shape index (κ2) is 7.64. The predicted molar refractivity (Wildman–Crippen MR) is 89.8 cm³/mol. The second-order valence-electron chi connectivity index (χ2n) is 5.75. The Morgan fingerprint density at radius 2 is 1.64 bits per heavy atom. The fourth-order valence-electron chi connectivity index (χ4n) is 2.05. The SMILES string of the molecule is CC(C)[C@@H](C)NC(=O)COc1ccccc1-c1ccccc1. The lowest BCUT2D eigenvalue weighted by Gasteiger charge is -2.18. The quantitative estimate of drug-likeness (QED) is 0.878. The van der Waals surface area contributed by atoms with Crippen LogP contribution in [0.25, 0.3) is 11.1 Å². The van der Waals surface area contributed by atoms with Crippen LogP contribution in [0.4, 0.5) is 0 Å². The van der Waals surface area contributed by atoms with Crippen LogP contribution in [0.5, 0.6) is 5.75 Å². The van der Waals surface area contributed by atoms with Crippen molar-refractivity contribution in [1.29, 1.82) is 0 Å². The molecule has 1 N–H and O–H groups in total. The minimum Gasteiger partial charge on any atom is -0.483 e. The van der Waals surface area contributed by atoms with Gasteiger partial charge in [-0.05, 0) is 24.5 Å². The molecule has 0 saturated heterocycles. The number of carbonyl (C=O) groups excluding carboxylic acids is 1. The topological polar surface area (TPSA) is 38.3 Å². The molecule has 3 heteroatoms. The van der Waals surface area contributed by atoms with Crippen molar-refractivity contribution in [2.45, 2.75) is 26.8 Å². The van der Waals surface area contributed by atoms with E-state index in [0.29, 0.717) is 5.92 Å². The molecule has 116 valence electrons. The lowest BCUT2D eigenvalue weighted by atomic mass is 10.1. The van der Waals surface area contributed by atoms with Crippen molar-refractivity contribution in [2.24, 2.45) is 5.92 Å². The summed E-state index contributed by atoms with van der Waals surface area (Å²) in [5.74, 6) is 1.03. The van der Waals surface area contributed by atoms with Crippen molar-refractivity contribution in [1.82, 2.24) is 5.32 Å². The van der Waals surface area contributed by atoms with E-state index in [4.69, 9.17) is 4.74 Å². The van der Waals surface area contributed by atoms with Crippen LogP contribution in [0, 0.1) is 5.92 Å². The van der Waals surface area contributed by atoms with Crippen LogP contribution in [-0.4, -0.2) is 18.6 Å². The Bertz CT molecular complexity index is 608. The summed E-state index contributed by atoms with van der Waals surface area (Å²) in [4.78, 5) is 11.9. The van der Waals surface area contributed by atoms with Gasteiger partial charge in [-0.3, -0.25) is 4.79 Å². The second-order valence-corrected chi connectivity index (χ2v) is 5.75. The van der Waals surface area contributed by atoms with Crippen molar-refractivity contribution in [2.75, 3.05) is 6.61 Å². The highest BCUT2D eigenvalue weighted by atomic mass is 16.5. The number of ether oxygens (including phenoxy) is 1. The number of amides is 1. The van der Waals surface area contributed by atoms with Gasteiger partial charge in [0.05, 0.1) is 0 Å². The van der Waals surface area contributed by atoms with E-state index in [0.717, 1.165) is 16.9 Å². The van der Waals surface area contributed by atoms with Crippen LogP contribution >= 0.6 is 0 Å². The minimum absolute atomic E-state index is 0.0287. The molecule has 0 aliphatic rings. The summed E-state index contributed by atoms with van der Waals surface area (Å²) < 4.78 is 5.72. The molecule has 3 nitrogen and oxygen atoms in total. The predicted octanol–water partition coefficient (Wildman–Crippen LogP) is 3.89. The zero-order chi connectivity index (χ0) is 15.9. The van der Waals surface area contributed by atoms with Crippen LogP contribution in [0.2, 0.25) is 0 Å². The van der Waals surface area contributed by atoms with Crippen molar-refractivity contribution in [3.8, 4) is 16.9 Å². The molecule has 1 amide bonds. The van der Waals surface area contributed by atoms with E-state index in [2.05, 4.69) is 19.2 Å². The zero-order valence-corrected chi connectivity index (χ0v) is 13.4. The number of carbonyl (C=O) groups is 1. The summed E-state index contributed by atoms with van der Waals surface area (Å²) in [5.41, 5.74) is 2.07. The standard InChI is InChI=1S/C19H23NO2/c1-14(2)15(3)20-19(21)13-22-18-12-8-7-11-17(18)16-9-5-4-6-10-16/h4-12,14-15H,13H2,1-3H3,(H,20,21)/t15-/m1/s1. The van der Waals surface area contributed by atoms with Gasteiger partial charge in [-0.2, -0.15) is 0 Å². The van der Waals surface area contributed by atoms with E-state index in [1.807, 2.05) is 61.5 Å². The van der Waals surface area contributed by atoms with Gasteiger partial charge >= 0.3 is 0 Å². The molecule has 0 spiro atoms. The van der Waals surface area contributed by atoms with Crippen LogP contribution in [0.15, 0.2) is 54.6 Å². The minimum atomic E-state index is -0.0935. The molecule has 1 atom stereocenters. The van der Waals surface area contributed by atoms with E-state index in [1.54, 1.807) is 0 Å². The summed E-state index contributed by atoms with van der Waals surface area (Å²) >= 11 is 0. The van der Waals surface area contributed by atoms with Crippen LogP contribution < -0.4 is 10.1 Å². The maximum absolute atomic E-state index is 11.9. The van der Waals surface area contributed by atoms with E-state index >= 15 is 0 Å². The molecule has 0 bridgehead atoms. The fourth-order valence-corrected chi connectivity index (χ4v) is 2.05.